The lowest BCUT2D eigenvalue weighted by atomic mass is 9.91. The van der Waals surface area contributed by atoms with E-state index in [1.807, 2.05) is 59.3 Å². The number of phenolic OH excluding ortho intramolecular Hbond substituents is 1. The fourth-order valence-electron chi connectivity index (χ4n) is 5.57. The molecule has 0 saturated carbocycles. The Morgan fingerprint density at radius 1 is 0.929 bits per heavy atom. The van der Waals surface area contributed by atoms with Crippen LogP contribution in [0.25, 0.3) is 11.1 Å². The standard InChI is InChI=1S/C32H32FN2O5PS/c1-34-28(8-5-9-29(36)22-10-15-24(33)16-11-22)31(35(32(34)42)25-6-3-2-4-7-25)27-19-14-23(20-30(27)37)21-12-17-26(18-13-21)41(38,39)40/h2-4,6-7,10-20,28-29,31,36-37H,5,8-9H2,1H3,(H2,38,39,40). The van der Waals surface area contributed by atoms with Crippen molar-refractivity contribution >= 4 is 35.9 Å². The largest absolute Gasteiger partial charge is 0.508 e. The summed E-state index contributed by atoms with van der Waals surface area (Å²) >= 11 is 5.90. The number of phenols is 1. The number of nitrogens with zero attached hydrogens (tertiary/aromatic N) is 2. The molecular weight excluding hydrogens is 574 g/mol. The molecule has 3 unspecified atom stereocenters. The van der Waals surface area contributed by atoms with Gasteiger partial charge in [0.05, 0.1) is 23.5 Å². The van der Waals surface area contributed by atoms with Crippen molar-refractivity contribution in [2.45, 2.75) is 37.5 Å². The second kappa shape index (κ2) is 12.3. The van der Waals surface area contributed by atoms with E-state index in [2.05, 4.69) is 0 Å². The van der Waals surface area contributed by atoms with Crippen molar-refractivity contribution in [3.05, 3.63) is 114 Å². The van der Waals surface area contributed by atoms with Gasteiger partial charge in [0.25, 0.3) is 0 Å². The van der Waals surface area contributed by atoms with Gasteiger partial charge in [0.1, 0.15) is 11.6 Å². The van der Waals surface area contributed by atoms with Gasteiger partial charge in [-0.05, 0) is 90.6 Å². The summed E-state index contributed by atoms with van der Waals surface area (Å²) in [6.07, 6.45) is 1.10. The first kappa shape index (κ1) is 29.9. The number of anilines is 1. The Balaban J connectivity index is 1.43. The van der Waals surface area contributed by atoms with Crippen molar-refractivity contribution in [1.29, 1.82) is 0 Å². The zero-order valence-corrected chi connectivity index (χ0v) is 24.6. The molecule has 1 saturated heterocycles. The van der Waals surface area contributed by atoms with Gasteiger partial charge < -0.3 is 29.8 Å². The quantitative estimate of drug-likeness (QED) is 0.135. The molecule has 3 atom stereocenters. The number of hydrogen-bond acceptors (Lipinski definition) is 4. The smallest absolute Gasteiger partial charge is 0.356 e. The Bertz CT molecular complexity index is 1600. The topological polar surface area (TPSA) is 104 Å². The predicted octanol–water partition coefficient (Wildman–Crippen LogP) is 6.05. The molecule has 1 fully saturated rings. The lowest BCUT2D eigenvalue weighted by Gasteiger charge is -2.29. The molecule has 4 aromatic carbocycles. The van der Waals surface area contributed by atoms with E-state index < -0.39 is 13.7 Å². The van der Waals surface area contributed by atoms with Gasteiger partial charge >= 0.3 is 7.60 Å². The van der Waals surface area contributed by atoms with Gasteiger partial charge in [0.15, 0.2) is 5.11 Å². The van der Waals surface area contributed by atoms with E-state index >= 15 is 0 Å². The van der Waals surface area contributed by atoms with Gasteiger partial charge in [-0.2, -0.15) is 0 Å². The van der Waals surface area contributed by atoms with Crippen molar-refractivity contribution in [3.63, 3.8) is 0 Å². The molecule has 4 N–H and O–H groups in total. The predicted molar refractivity (Wildman–Crippen MR) is 166 cm³/mol. The van der Waals surface area contributed by atoms with Crippen molar-refractivity contribution in [2.75, 3.05) is 11.9 Å². The normalized spacial score (nSPS) is 18.0. The molecule has 0 radical (unpaired) electrons. The van der Waals surface area contributed by atoms with E-state index in [9.17, 15) is 29.0 Å². The van der Waals surface area contributed by atoms with Crippen molar-refractivity contribution < 1.29 is 29.0 Å². The average Bonchev–Trinajstić information content (AvgIpc) is 3.22. The van der Waals surface area contributed by atoms with Crippen LogP contribution in [-0.4, -0.2) is 43.1 Å². The molecule has 10 heteroatoms. The van der Waals surface area contributed by atoms with E-state index in [1.54, 1.807) is 30.3 Å². The molecular formula is C32H32FN2O5PS. The summed E-state index contributed by atoms with van der Waals surface area (Å²) < 4.78 is 24.9. The van der Waals surface area contributed by atoms with Crippen LogP contribution >= 0.6 is 19.8 Å². The van der Waals surface area contributed by atoms with Gasteiger partial charge in [-0.3, -0.25) is 4.57 Å². The monoisotopic (exact) mass is 606 g/mol. The van der Waals surface area contributed by atoms with Crippen molar-refractivity contribution in [1.82, 2.24) is 4.90 Å². The number of halogens is 1. The Labute approximate surface area is 249 Å². The molecule has 4 aromatic rings. The highest BCUT2D eigenvalue weighted by Gasteiger charge is 2.43. The summed E-state index contributed by atoms with van der Waals surface area (Å²) in [5.74, 6) is -0.271. The number of aliphatic hydroxyl groups excluding tert-OH is 1. The lowest BCUT2D eigenvalue weighted by Crippen LogP contribution is -2.30. The highest BCUT2D eigenvalue weighted by Crippen LogP contribution is 2.44. The maximum absolute atomic E-state index is 13.3. The van der Waals surface area contributed by atoms with Crippen LogP contribution in [0.2, 0.25) is 0 Å². The number of thiocarbonyl (C=S) groups is 1. The summed E-state index contributed by atoms with van der Waals surface area (Å²) in [5.41, 5.74) is 3.65. The number of likely N-dealkylation sites (N-methyl/N-ethyl adjacent to an activating group) is 1. The van der Waals surface area contributed by atoms with Crippen LogP contribution in [0.5, 0.6) is 5.75 Å². The van der Waals surface area contributed by atoms with Crippen LogP contribution in [-0.2, 0) is 4.57 Å². The molecule has 0 aliphatic carbocycles. The third-order valence-electron chi connectivity index (χ3n) is 7.80. The molecule has 1 heterocycles. The van der Waals surface area contributed by atoms with Gasteiger partial charge in [0, 0.05) is 18.3 Å². The highest BCUT2D eigenvalue weighted by molar-refractivity contribution is 7.80. The van der Waals surface area contributed by atoms with E-state index in [-0.39, 0.29) is 29.0 Å². The maximum atomic E-state index is 13.3. The van der Waals surface area contributed by atoms with Crippen molar-refractivity contribution in [3.8, 4) is 16.9 Å². The second-order valence-electron chi connectivity index (χ2n) is 10.5. The Morgan fingerprint density at radius 2 is 1.57 bits per heavy atom. The number of benzene rings is 4. The zero-order chi connectivity index (χ0) is 30.0. The summed E-state index contributed by atoms with van der Waals surface area (Å²) in [4.78, 5) is 22.9. The van der Waals surface area contributed by atoms with E-state index in [1.165, 1.54) is 24.3 Å². The highest BCUT2D eigenvalue weighted by atomic mass is 32.1. The molecule has 1 aliphatic rings. The SMILES string of the molecule is CN1C(=S)N(c2ccccc2)C(c2ccc(-c3ccc(P(=O)(O)O)cc3)cc2O)C1CCCC(O)c1ccc(F)cc1. The lowest BCUT2D eigenvalue weighted by molar-refractivity contribution is 0.159. The van der Waals surface area contributed by atoms with Crippen LogP contribution in [0.4, 0.5) is 10.1 Å². The number of rotatable bonds is 9. The van der Waals surface area contributed by atoms with E-state index in [0.717, 1.165) is 5.69 Å². The summed E-state index contributed by atoms with van der Waals surface area (Å²) in [6.45, 7) is 0. The van der Waals surface area contributed by atoms with E-state index in [0.29, 0.717) is 46.6 Å². The Kier molecular flexibility index (Phi) is 8.78. The van der Waals surface area contributed by atoms with Crippen LogP contribution < -0.4 is 10.2 Å². The third-order valence-corrected chi connectivity index (χ3v) is 9.26. The maximum Gasteiger partial charge on any atom is 0.356 e. The van der Waals surface area contributed by atoms with E-state index in [4.69, 9.17) is 12.2 Å². The third kappa shape index (κ3) is 6.26. The molecule has 0 aromatic heterocycles. The minimum absolute atomic E-state index is 0.0690. The first-order valence-corrected chi connectivity index (χ1v) is 15.6. The van der Waals surface area contributed by atoms with Gasteiger partial charge in [0.2, 0.25) is 0 Å². The summed E-state index contributed by atoms with van der Waals surface area (Å²) in [5, 5.41) is 22.6. The van der Waals surface area contributed by atoms with Crippen LogP contribution in [0.1, 0.15) is 42.5 Å². The summed E-state index contributed by atoms with van der Waals surface area (Å²) in [6, 6.07) is 26.6. The molecule has 42 heavy (non-hydrogen) atoms. The average molecular weight is 607 g/mol. The Morgan fingerprint density at radius 3 is 2.19 bits per heavy atom. The summed E-state index contributed by atoms with van der Waals surface area (Å²) in [7, 11) is -2.42. The molecule has 1 aliphatic heterocycles. The number of aromatic hydroxyl groups is 1. The van der Waals surface area contributed by atoms with Crippen LogP contribution in [0.3, 0.4) is 0 Å². The van der Waals surface area contributed by atoms with Crippen LogP contribution in [0.15, 0.2) is 97.1 Å². The minimum atomic E-state index is -4.35. The minimum Gasteiger partial charge on any atom is -0.508 e. The zero-order valence-electron chi connectivity index (χ0n) is 22.9. The second-order valence-corrected chi connectivity index (χ2v) is 12.4. The van der Waals surface area contributed by atoms with Crippen LogP contribution in [0, 0.1) is 5.82 Å². The first-order chi connectivity index (χ1) is 20.0. The molecule has 0 bridgehead atoms. The fraction of sp³-hybridized carbons (Fsp3) is 0.219. The number of hydrogen-bond donors (Lipinski definition) is 4. The fourth-order valence-corrected chi connectivity index (χ4v) is 6.46. The molecule has 218 valence electrons. The molecule has 0 spiro atoms. The van der Waals surface area contributed by atoms with Gasteiger partial charge in [-0.1, -0.05) is 54.6 Å². The first-order valence-electron chi connectivity index (χ1n) is 13.6. The van der Waals surface area contributed by atoms with Crippen molar-refractivity contribution in [2.24, 2.45) is 0 Å². The molecule has 5 rings (SSSR count). The number of aliphatic hydroxyl groups is 1. The van der Waals surface area contributed by atoms with Gasteiger partial charge in [-0.25, -0.2) is 4.39 Å². The molecule has 0 amide bonds. The Hall–Kier alpha value is -3.59. The number of para-hydroxylation sites is 1. The van der Waals surface area contributed by atoms with Gasteiger partial charge in [-0.15, -0.1) is 0 Å². The molecule has 7 nitrogen and oxygen atoms in total.